The van der Waals surface area contributed by atoms with Gasteiger partial charge in [-0.15, -0.1) is 11.3 Å². The Hall–Kier alpha value is -1.33. The van der Waals surface area contributed by atoms with Gasteiger partial charge < -0.3 is 5.32 Å². The van der Waals surface area contributed by atoms with E-state index in [1.165, 1.54) is 6.07 Å². The van der Waals surface area contributed by atoms with Gasteiger partial charge in [0.15, 0.2) is 0 Å². The van der Waals surface area contributed by atoms with Crippen molar-refractivity contribution in [2.45, 2.75) is 26.9 Å². The van der Waals surface area contributed by atoms with Crippen molar-refractivity contribution in [2.75, 3.05) is 0 Å². The first-order valence-corrected chi connectivity index (χ1v) is 6.45. The van der Waals surface area contributed by atoms with E-state index in [1.54, 1.807) is 11.3 Å². The quantitative estimate of drug-likeness (QED) is 0.920. The molecule has 0 aliphatic heterocycles. The average molecular weight is 268 g/mol. The van der Waals surface area contributed by atoms with Crippen molar-refractivity contribution in [3.63, 3.8) is 0 Å². The molecule has 18 heavy (non-hydrogen) atoms. The molecule has 2 nitrogen and oxygen atoms in total. The topological polar surface area (TPSA) is 24.9 Å². The van der Waals surface area contributed by atoms with Crippen LogP contribution in [0.5, 0.6) is 0 Å². The van der Waals surface area contributed by atoms with Crippen molar-refractivity contribution < 1.29 is 8.78 Å². The molecule has 2 rings (SSSR count). The van der Waals surface area contributed by atoms with Crippen LogP contribution in [0.3, 0.4) is 0 Å². The monoisotopic (exact) mass is 268 g/mol. The number of hydrogen-bond donors (Lipinski definition) is 1. The predicted octanol–water partition coefficient (Wildman–Crippen LogP) is 3.33. The van der Waals surface area contributed by atoms with Gasteiger partial charge in [-0.05, 0) is 32.0 Å². The molecule has 1 heterocycles. The molecule has 0 spiro atoms. The van der Waals surface area contributed by atoms with Crippen LogP contribution in [0.4, 0.5) is 8.78 Å². The van der Waals surface area contributed by atoms with Crippen LogP contribution in [0.2, 0.25) is 0 Å². The van der Waals surface area contributed by atoms with E-state index >= 15 is 0 Å². The van der Waals surface area contributed by atoms with Crippen LogP contribution < -0.4 is 5.32 Å². The fourth-order valence-electron chi connectivity index (χ4n) is 1.73. The maximum absolute atomic E-state index is 13.4. The standard InChI is InChI=1S/C13H14F2N2S/c1-8-13(18-9(2)17-8)7-16-6-10-5-11(14)3-4-12(10)15/h3-5,16H,6-7H2,1-2H3. The number of aromatic nitrogens is 1. The minimum Gasteiger partial charge on any atom is -0.308 e. The van der Waals surface area contributed by atoms with E-state index in [0.29, 0.717) is 18.7 Å². The molecular formula is C13H14F2N2S. The molecule has 0 fully saturated rings. The maximum atomic E-state index is 13.4. The summed E-state index contributed by atoms with van der Waals surface area (Å²) in [6, 6.07) is 3.48. The van der Waals surface area contributed by atoms with Crippen molar-refractivity contribution >= 4 is 11.3 Å². The molecule has 96 valence electrons. The summed E-state index contributed by atoms with van der Waals surface area (Å²) < 4.78 is 26.3. The minimum atomic E-state index is -0.419. The Morgan fingerprint density at radius 1 is 1.22 bits per heavy atom. The number of aryl methyl sites for hydroxylation is 2. The highest BCUT2D eigenvalue weighted by Crippen LogP contribution is 2.17. The number of rotatable bonds is 4. The van der Waals surface area contributed by atoms with E-state index in [0.717, 1.165) is 27.7 Å². The van der Waals surface area contributed by atoms with Crippen LogP contribution in [-0.4, -0.2) is 4.98 Å². The highest BCUT2D eigenvalue weighted by molar-refractivity contribution is 7.11. The van der Waals surface area contributed by atoms with Crippen molar-refractivity contribution in [3.8, 4) is 0 Å². The van der Waals surface area contributed by atoms with Gasteiger partial charge in [-0.25, -0.2) is 13.8 Å². The third-order valence-electron chi connectivity index (χ3n) is 2.61. The molecule has 0 atom stereocenters. The summed E-state index contributed by atoms with van der Waals surface area (Å²) in [7, 11) is 0. The average Bonchev–Trinajstić information content (AvgIpc) is 2.62. The summed E-state index contributed by atoms with van der Waals surface area (Å²) in [5.41, 5.74) is 1.33. The number of nitrogens with one attached hydrogen (secondary N) is 1. The van der Waals surface area contributed by atoms with Gasteiger partial charge in [0.1, 0.15) is 11.6 Å². The van der Waals surface area contributed by atoms with Crippen LogP contribution >= 0.6 is 11.3 Å². The lowest BCUT2D eigenvalue weighted by Crippen LogP contribution is -2.13. The fraction of sp³-hybridized carbons (Fsp3) is 0.308. The Labute approximate surface area is 109 Å². The highest BCUT2D eigenvalue weighted by atomic mass is 32.1. The Kier molecular flexibility index (Phi) is 4.04. The van der Waals surface area contributed by atoms with E-state index in [1.807, 2.05) is 13.8 Å². The van der Waals surface area contributed by atoms with Gasteiger partial charge in [-0.1, -0.05) is 0 Å². The first-order chi connectivity index (χ1) is 8.56. The SMILES string of the molecule is Cc1nc(C)c(CNCc2cc(F)ccc2F)s1. The van der Waals surface area contributed by atoms with Gasteiger partial charge in [0.2, 0.25) is 0 Å². The molecular weight excluding hydrogens is 254 g/mol. The third kappa shape index (κ3) is 3.11. The molecule has 0 unspecified atom stereocenters. The second-order valence-electron chi connectivity index (χ2n) is 4.08. The summed E-state index contributed by atoms with van der Waals surface area (Å²) >= 11 is 1.62. The molecule has 1 N–H and O–H groups in total. The Morgan fingerprint density at radius 2 is 2.00 bits per heavy atom. The molecule has 5 heteroatoms. The summed E-state index contributed by atoms with van der Waals surface area (Å²) in [5, 5.41) is 4.12. The van der Waals surface area contributed by atoms with E-state index in [4.69, 9.17) is 0 Å². The summed E-state index contributed by atoms with van der Waals surface area (Å²) in [6.45, 7) is 4.82. The van der Waals surface area contributed by atoms with E-state index < -0.39 is 5.82 Å². The molecule has 1 aromatic heterocycles. The van der Waals surface area contributed by atoms with Crippen LogP contribution in [0.15, 0.2) is 18.2 Å². The normalized spacial score (nSPS) is 10.9. The third-order valence-corrected chi connectivity index (χ3v) is 3.68. The van der Waals surface area contributed by atoms with Crippen LogP contribution in [0, 0.1) is 25.5 Å². The zero-order valence-corrected chi connectivity index (χ0v) is 11.1. The fourth-order valence-corrected chi connectivity index (χ4v) is 2.63. The molecule has 0 saturated carbocycles. The van der Waals surface area contributed by atoms with E-state index in [2.05, 4.69) is 10.3 Å². The van der Waals surface area contributed by atoms with E-state index in [9.17, 15) is 8.78 Å². The largest absolute Gasteiger partial charge is 0.308 e. The van der Waals surface area contributed by atoms with Crippen molar-refractivity contribution in [2.24, 2.45) is 0 Å². The maximum Gasteiger partial charge on any atom is 0.127 e. The lowest BCUT2D eigenvalue weighted by Gasteiger charge is -2.05. The zero-order valence-electron chi connectivity index (χ0n) is 10.3. The first kappa shape index (κ1) is 13.1. The lowest BCUT2D eigenvalue weighted by molar-refractivity contribution is 0.569. The minimum absolute atomic E-state index is 0.306. The van der Waals surface area contributed by atoms with Crippen LogP contribution in [-0.2, 0) is 13.1 Å². The molecule has 2 aromatic rings. The van der Waals surface area contributed by atoms with Crippen LogP contribution in [0.1, 0.15) is 21.1 Å². The predicted molar refractivity (Wildman–Crippen MR) is 68.5 cm³/mol. The highest BCUT2D eigenvalue weighted by Gasteiger charge is 2.06. The molecule has 1 aromatic carbocycles. The van der Waals surface area contributed by atoms with Gasteiger partial charge in [0.05, 0.1) is 10.7 Å². The summed E-state index contributed by atoms with van der Waals surface area (Å²) in [4.78, 5) is 5.44. The van der Waals surface area contributed by atoms with Gasteiger partial charge in [0, 0.05) is 23.5 Å². The summed E-state index contributed by atoms with van der Waals surface area (Å²) in [5.74, 6) is -0.806. The zero-order chi connectivity index (χ0) is 13.1. The van der Waals surface area contributed by atoms with E-state index in [-0.39, 0.29) is 5.82 Å². The van der Waals surface area contributed by atoms with Crippen molar-refractivity contribution in [3.05, 3.63) is 51.0 Å². The second-order valence-corrected chi connectivity index (χ2v) is 5.37. The van der Waals surface area contributed by atoms with Crippen molar-refractivity contribution in [1.29, 1.82) is 0 Å². The Bertz CT molecular complexity index is 552. The summed E-state index contributed by atoms with van der Waals surface area (Å²) in [6.07, 6.45) is 0. The molecule has 0 aliphatic carbocycles. The number of thiazole rings is 1. The van der Waals surface area contributed by atoms with Crippen molar-refractivity contribution in [1.82, 2.24) is 10.3 Å². The van der Waals surface area contributed by atoms with Gasteiger partial charge in [0.25, 0.3) is 0 Å². The molecule has 0 saturated heterocycles. The molecule has 0 radical (unpaired) electrons. The number of hydrogen-bond acceptors (Lipinski definition) is 3. The first-order valence-electron chi connectivity index (χ1n) is 5.64. The molecule has 0 bridgehead atoms. The number of benzene rings is 1. The van der Waals surface area contributed by atoms with Crippen LogP contribution in [0.25, 0.3) is 0 Å². The lowest BCUT2D eigenvalue weighted by atomic mass is 10.2. The Morgan fingerprint density at radius 3 is 2.67 bits per heavy atom. The second kappa shape index (κ2) is 5.54. The number of nitrogens with zero attached hydrogens (tertiary/aromatic N) is 1. The molecule has 0 aliphatic rings. The smallest absolute Gasteiger partial charge is 0.127 e. The van der Waals surface area contributed by atoms with Gasteiger partial charge in [-0.2, -0.15) is 0 Å². The van der Waals surface area contributed by atoms with Gasteiger partial charge in [-0.3, -0.25) is 0 Å². The van der Waals surface area contributed by atoms with Gasteiger partial charge >= 0.3 is 0 Å². The Balaban J connectivity index is 1.96. The number of halogens is 2. The molecule has 0 amide bonds.